The fraction of sp³-hybridized carbons (Fsp3) is 0.444. The number of nitrogens with zero attached hydrogens (tertiary/aromatic N) is 5. The van der Waals surface area contributed by atoms with E-state index in [0.29, 0.717) is 25.0 Å². The first-order valence-electron chi connectivity index (χ1n) is 19.9. The van der Waals surface area contributed by atoms with Gasteiger partial charge < -0.3 is 15.2 Å². The molecule has 0 bridgehead atoms. The number of carbonyl (C=O) groups is 1. The quantitative estimate of drug-likeness (QED) is 0.0920. The van der Waals surface area contributed by atoms with Crippen molar-refractivity contribution < 1.29 is 14.3 Å². The third-order valence-electron chi connectivity index (χ3n) is 12.2. The predicted molar refractivity (Wildman–Crippen MR) is 220 cm³/mol. The highest BCUT2D eigenvalue weighted by Crippen LogP contribution is 2.48. The second-order valence-corrected chi connectivity index (χ2v) is 16.9. The van der Waals surface area contributed by atoms with E-state index in [4.69, 9.17) is 15.2 Å². The number of hydrogen-bond acceptors (Lipinski definition) is 10. The lowest BCUT2D eigenvalue weighted by Crippen LogP contribution is -2.67. The number of rotatable bonds is 12. The molecule has 0 spiro atoms. The lowest BCUT2D eigenvalue weighted by Gasteiger charge is -2.58. The number of nitriles is 1. The Bertz CT molecular complexity index is 2170. The van der Waals surface area contributed by atoms with Crippen molar-refractivity contribution in [3.8, 4) is 6.07 Å². The molecule has 12 nitrogen and oxygen atoms in total. The van der Waals surface area contributed by atoms with Crippen molar-refractivity contribution in [3.05, 3.63) is 124 Å². The number of nitrogens with one attached hydrogen (secondary N) is 2. The number of carbonyl (C=O) groups excluding carboxylic acids is 1. The molecule has 298 valence electrons. The lowest BCUT2D eigenvalue weighted by atomic mass is 9.68. The number of aromatic nitrogens is 4. The van der Waals surface area contributed by atoms with Gasteiger partial charge in [-0.25, -0.2) is 4.98 Å². The Balaban J connectivity index is 1.43. The molecule has 2 aromatic heterocycles. The molecule has 0 aliphatic carbocycles. The Morgan fingerprint density at radius 1 is 1.02 bits per heavy atom. The van der Waals surface area contributed by atoms with Crippen LogP contribution >= 0.6 is 0 Å². The van der Waals surface area contributed by atoms with E-state index in [9.17, 15) is 14.9 Å². The van der Waals surface area contributed by atoms with Crippen LogP contribution in [-0.2, 0) is 19.8 Å². The number of likely N-dealkylation sites (tertiary alicyclic amines) is 1. The minimum atomic E-state index is -0.878. The summed E-state index contributed by atoms with van der Waals surface area (Å²) in [7, 11) is 0. The summed E-state index contributed by atoms with van der Waals surface area (Å²) in [6.07, 6.45) is 1.88. The van der Waals surface area contributed by atoms with Crippen LogP contribution in [0.25, 0.3) is 11.2 Å². The van der Waals surface area contributed by atoms with Gasteiger partial charge in [-0.05, 0) is 57.2 Å². The fourth-order valence-electron chi connectivity index (χ4n) is 9.50. The van der Waals surface area contributed by atoms with Crippen molar-refractivity contribution in [2.75, 3.05) is 12.3 Å². The molecule has 12 heteroatoms. The molecule has 4 N–H and O–H groups in total. The molecule has 0 saturated carbocycles. The number of benzene rings is 3. The third-order valence-corrected chi connectivity index (χ3v) is 12.2. The van der Waals surface area contributed by atoms with Gasteiger partial charge in [-0.2, -0.15) is 10.2 Å². The maximum absolute atomic E-state index is 13.9. The zero-order valence-corrected chi connectivity index (χ0v) is 33.7. The molecule has 7 rings (SSSR count). The number of aromatic amines is 1. The lowest BCUT2D eigenvalue weighted by molar-refractivity contribution is -0.185. The van der Waals surface area contributed by atoms with E-state index in [1.807, 2.05) is 68.4 Å². The third kappa shape index (κ3) is 7.47. The van der Waals surface area contributed by atoms with Crippen molar-refractivity contribution in [1.82, 2.24) is 29.7 Å². The van der Waals surface area contributed by atoms with E-state index in [1.54, 1.807) is 10.9 Å². The number of anilines is 1. The molecule has 2 saturated heterocycles. The summed E-state index contributed by atoms with van der Waals surface area (Å²) in [5.41, 5.74) is 7.58. The second-order valence-electron chi connectivity index (χ2n) is 16.9. The maximum Gasteiger partial charge on any atom is 0.308 e. The molecule has 0 amide bonds. The number of esters is 1. The molecule has 0 radical (unpaired) electrons. The van der Waals surface area contributed by atoms with Gasteiger partial charge in [0.05, 0.1) is 23.9 Å². The number of ether oxygens (including phenoxy) is 2. The van der Waals surface area contributed by atoms with Crippen LogP contribution in [0.2, 0.25) is 0 Å². The molecular weight excluding hydrogens is 717 g/mol. The van der Waals surface area contributed by atoms with Crippen molar-refractivity contribution >= 4 is 23.1 Å². The molecule has 5 aromatic rings. The summed E-state index contributed by atoms with van der Waals surface area (Å²) in [5.74, 6) is -0.912. The first-order chi connectivity index (χ1) is 27.3. The highest BCUT2D eigenvalue weighted by Gasteiger charge is 2.56. The summed E-state index contributed by atoms with van der Waals surface area (Å²) >= 11 is 0. The van der Waals surface area contributed by atoms with E-state index in [2.05, 4.69) is 95.3 Å². The van der Waals surface area contributed by atoms with Crippen LogP contribution in [0.3, 0.4) is 0 Å². The number of imidazole rings is 1. The number of nitrogens with two attached hydrogens (primary N) is 1. The smallest absolute Gasteiger partial charge is 0.308 e. The normalized spacial score (nSPS) is 22.6. The molecule has 4 heterocycles. The van der Waals surface area contributed by atoms with Gasteiger partial charge in [0.1, 0.15) is 18.4 Å². The van der Waals surface area contributed by atoms with Crippen molar-refractivity contribution in [2.24, 2.45) is 11.8 Å². The van der Waals surface area contributed by atoms with Gasteiger partial charge in [0.2, 0.25) is 5.95 Å². The van der Waals surface area contributed by atoms with E-state index in [-0.39, 0.29) is 34.8 Å². The fourth-order valence-corrected chi connectivity index (χ4v) is 9.50. The first-order valence-corrected chi connectivity index (χ1v) is 19.9. The number of piperidine rings is 1. The van der Waals surface area contributed by atoms with Crippen LogP contribution in [0.4, 0.5) is 5.95 Å². The molecule has 2 aliphatic heterocycles. The van der Waals surface area contributed by atoms with Crippen LogP contribution in [0, 0.1) is 23.2 Å². The zero-order valence-electron chi connectivity index (χ0n) is 33.7. The van der Waals surface area contributed by atoms with Gasteiger partial charge in [-0.1, -0.05) is 105 Å². The Hall–Kier alpha value is -5.35. The topological polar surface area (TPSA) is 164 Å². The zero-order chi connectivity index (χ0) is 40.5. The van der Waals surface area contributed by atoms with Crippen LogP contribution in [-0.4, -0.2) is 66.3 Å². The summed E-state index contributed by atoms with van der Waals surface area (Å²) in [4.78, 5) is 40.8. The van der Waals surface area contributed by atoms with Crippen LogP contribution in [0.15, 0.2) is 102 Å². The Morgan fingerprint density at radius 3 is 2.14 bits per heavy atom. The molecule has 2 fully saturated rings. The second kappa shape index (κ2) is 15.9. The maximum atomic E-state index is 13.9. The van der Waals surface area contributed by atoms with E-state index >= 15 is 0 Å². The van der Waals surface area contributed by atoms with Crippen LogP contribution in [0.1, 0.15) is 90.1 Å². The predicted octanol–water partition coefficient (Wildman–Crippen LogP) is 6.69. The number of hydrogen-bond donors (Lipinski definition) is 3. The Morgan fingerprint density at radius 2 is 1.60 bits per heavy atom. The van der Waals surface area contributed by atoms with Crippen LogP contribution in [0.5, 0.6) is 0 Å². The van der Waals surface area contributed by atoms with Gasteiger partial charge in [-0.15, -0.1) is 0 Å². The van der Waals surface area contributed by atoms with E-state index < -0.39 is 41.1 Å². The van der Waals surface area contributed by atoms with Crippen LogP contribution < -0.4 is 16.6 Å². The van der Waals surface area contributed by atoms with E-state index in [0.717, 1.165) is 29.5 Å². The average molecular weight is 771 g/mol. The van der Waals surface area contributed by atoms with Crippen molar-refractivity contribution in [3.63, 3.8) is 0 Å². The highest BCUT2D eigenvalue weighted by atomic mass is 16.6. The highest BCUT2D eigenvalue weighted by molar-refractivity contribution is 5.72. The van der Waals surface area contributed by atoms with Gasteiger partial charge in [0, 0.05) is 42.4 Å². The molecule has 57 heavy (non-hydrogen) atoms. The van der Waals surface area contributed by atoms with Crippen molar-refractivity contribution in [2.45, 2.75) is 108 Å². The monoisotopic (exact) mass is 770 g/mol. The summed E-state index contributed by atoms with van der Waals surface area (Å²) in [6, 6.07) is 33.0. The number of H-pyrrole nitrogens is 1. The first kappa shape index (κ1) is 39.9. The molecule has 5 atom stereocenters. The Labute approximate surface area is 334 Å². The number of fused-ring (bicyclic) bond motifs is 1. The summed E-state index contributed by atoms with van der Waals surface area (Å²) < 4.78 is 15.7. The van der Waals surface area contributed by atoms with Gasteiger partial charge in [0.25, 0.3) is 5.56 Å². The van der Waals surface area contributed by atoms with Gasteiger partial charge in [-0.3, -0.25) is 29.4 Å². The summed E-state index contributed by atoms with van der Waals surface area (Å²) in [6.45, 7) is 13.1. The van der Waals surface area contributed by atoms with Gasteiger partial charge in [0.15, 0.2) is 11.2 Å². The average Bonchev–Trinajstić information content (AvgIpc) is 3.81. The Kier molecular flexibility index (Phi) is 11.1. The van der Waals surface area contributed by atoms with Gasteiger partial charge >= 0.3 is 5.97 Å². The largest absolute Gasteiger partial charge is 0.459 e. The SMILES string of the molecule is CC(C)C(=O)OC(C1CCC(C)(C)N(CCC#N)C1(C)C)[C@H]1O[C@@H](n2cnc3c(=O)[nH]c(N)nc32)C[C@@H]1NC(c1ccccc1)(c1ccccc1)c1ccccc1. The minimum absolute atomic E-state index is 0.0255. The minimum Gasteiger partial charge on any atom is -0.459 e. The molecular formula is C45H54N8O4. The molecule has 3 aromatic carbocycles. The summed E-state index contributed by atoms with van der Waals surface area (Å²) in [5, 5.41) is 13.9. The molecule has 2 unspecified atom stereocenters. The molecule has 2 aliphatic rings. The number of nitrogen functional groups attached to an aromatic ring is 1. The van der Waals surface area contributed by atoms with Crippen molar-refractivity contribution in [1.29, 1.82) is 5.26 Å². The standard InChI is InChI=1S/C45H54N8O4/c1-29(2)41(55)57-37(33-23-24-43(3,4)53(26-16-25-46)44(33,5)6)38-34(27-35(56-38)52-28-48-36-39(52)49-42(47)50-40(36)54)51-45(30-17-10-7-11-18-30,31-19-12-8-13-20-31)32-21-14-9-15-22-32/h7-15,17-22,28-29,33-35,37-38,51H,16,23-24,26-27H2,1-6H3,(H3,47,49,50,54)/t33?,34-,35+,37?,38-/m0/s1. The van der Waals surface area contributed by atoms with E-state index in [1.165, 1.54) is 0 Å².